The van der Waals surface area contributed by atoms with Gasteiger partial charge in [0, 0.05) is 12.0 Å². The van der Waals surface area contributed by atoms with Crippen LogP contribution in [0.15, 0.2) is 30.3 Å². The van der Waals surface area contributed by atoms with Gasteiger partial charge >= 0.3 is 0 Å². The Morgan fingerprint density at radius 3 is 1.62 bits per heavy atom. The summed E-state index contributed by atoms with van der Waals surface area (Å²) in [5.74, 6) is 13.2. The summed E-state index contributed by atoms with van der Waals surface area (Å²) in [4.78, 5) is 0. The standard InChI is InChI=1S/C30H46O2Si2/c1-10-11-12-16-24-33(26(2)3,27(4)5)32-23-18-25-34(28(6)7,29(8)9)31-22-17-21-30-19-14-13-15-20-30/h13-15,19-20,26-29H,10-12,22-23H2,1-9H3. The molecule has 0 fully saturated rings. The van der Waals surface area contributed by atoms with Crippen LogP contribution in [-0.4, -0.2) is 29.8 Å². The van der Waals surface area contributed by atoms with E-state index in [-0.39, 0.29) is 0 Å². The first-order valence-corrected chi connectivity index (χ1v) is 17.1. The second kappa shape index (κ2) is 15.3. The minimum absolute atomic E-state index is 0.365. The highest BCUT2D eigenvalue weighted by atomic mass is 28.4. The molecule has 4 heteroatoms. The van der Waals surface area contributed by atoms with Crippen LogP contribution >= 0.6 is 0 Å². The highest BCUT2D eigenvalue weighted by Crippen LogP contribution is 2.34. The van der Waals surface area contributed by atoms with Gasteiger partial charge in [0.2, 0.25) is 0 Å². The Morgan fingerprint density at radius 1 is 0.676 bits per heavy atom. The van der Waals surface area contributed by atoms with Gasteiger partial charge in [0.05, 0.1) is 13.2 Å². The van der Waals surface area contributed by atoms with Crippen molar-refractivity contribution in [3.8, 4) is 34.8 Å². The van der Waals surface area contributed by atoms with Gasteiger partial charge in [0.15, 0.2) is 0 Å². The van der Waals surface area contributed by atoms with Crippen molar-refractivity contribution in [3.63, 3.8) is 0 Å². The molecular weight excluding hydrogens is 449 g/mol. The first-order chi connectivity index (χ1) is 16.1. The molecule has 0 aromatic heterocycles. The molecule has 0 radical (unpaired) electrons. The van der Waals surface area contributed by atoms with Crippen molar-refractivity contribution >= 4 is 16.6 Å². The Kier molecular flexibility index (Phi) is 13.6. The lowest BCUT2D eigenvalue weighted by molar-refractivity contribution is 0.340. The molecule has 0 amide bonds. The van der Waals surface area contributed by atoms with E-state index < -0.39 is 16.6 Å². The lowest BCUT2D eigenvalue weighted by atomic mass is 10.2. The smallest absolute Gasteiger partial charge is 0.278 e. The van der Waals surface area contributed by atoms with E-state index >= 15 is 0 Å². The summed E-state index contributed by atoms with van der Waals surface area (Å²) in [5.41, 5.74) is 9.82. The molecule has 0 bridgehead atoms. The van der Waals surface area contributed by atoms with Gasteiger partial charge in [0.1, 0.15) is 0 Å². The van der Waals surface area contributed by atoms with Gasteiger partial charge in [-0.3, -0.25) is 0 Å². The summed E-state index contributed by atoms with van der Waals surface area (Å²) < 4.78 is 13.1. The van der Waals surface area contributed by atoms with Crippen molar-refractivity contribution in [3.05, 3.63) is 35.9 Å². The summed E-state index contributed by atoms with van der Waals surface area (Å²) in [6.45, 7) is 21.0. The summed E-state index contributed by atoms with van der Waals surface area (Å²) in [6.07, 6.45) is 3.27. The van der Waals surface area contributed by atoms with Gasteiger partial charge < -0.3 is 8.85 Å². The fourth-order valence-corrected chi connectivity index (χ4v) is 10.9. The second-order valence-corrected chi connectivity index (χ2v) is 19.0. The molecule has 34 heavy (non-hydrogen) atoms. The monoisotopic (exact) mass is 494 g/mol. The maximum Gasteiger partial charge on any atom is 0.278 e. The molecule has 0 aliphatic heterocycles. The molecule has 1 rings (SSSR count). The van der Waals surface area contributed by atoms with Crippen LogP contribution in [0, 0.1) is 34.8 Å². The van der Waals surface area contributed by atoms with E-state index in [1.807, 2.05) is 30.3 Å². The van der Waals surface area contributed by atoms with Gasteiger partial charge in [0.25, 0.3) is 16.6 Å². The first-order valence-electron chi connectivity index (χ1n) is 12.9. The molecule has 2 nitrogen and oxygen atoms in total. The molecule has 186 valence electrons. The minimum Gasteiger partial charge on any atom is -0.394 e. The van der Waals surface area contributed by atoms with E-state index in [1.165, 1.54) is 6.42 Å². The predicted octanol–water partition coefficient (Wildman–Crippen LogP) is 7.88. The number of hydrogen-bond donors (Lipinski definition) is 0. The van der Waals surface area contributed by atoms with E-state index in [2.05, 4.69) is 97.1 Å². The average Bonchev–Trinajstić information content (AvgIpc) is 2.79. The predicted molar refractivity (Wildman–Crippen MR) is 152 cm³/mol. The van der Waals surface area contributed by atoms with E-state index in [9.17, 15) is 0 Å². The van der Waals surface area contributed by atoms with Gasteiger partial charge in [-0.1, -0.05) is 116 Å². The Hall–Kier alpha value is -1.75. The van der Waals surface area contributed by atoms with Crippen molar-refractivity contribution in [2.45, 2.75) is 104 Å². The van der Waals surface area contributed by atoms with E-state index in [0.717, 1.165) is 18.4 Å². The van der Waals surface area contributed by atoms with Crippen LogP contribution in [0.1, 0.15) is 87.1 Å². The van der Waals surface area contributed by atoms with Crippen molar-refractivity contribution in [1.82, 2.24) is 0 Å². The SMILES string of the molecule is CCCCC#C[Si](OCC#C[Si](OCC#Cc1ccccc1)(C(C)C)C(C)C)(C(C)C)C(C)C. The van der Waals surface area contributed by atoms with Crippen LogP contribution in [0.5, 0.6) is 0 Å². The molecule has 0 aliphatic rings. The Balaban J connectivity index is 3.04. The summed E-state index contributed by atoms with van der Waals surface area (Å²) >= 11 is 0. The molecule has 0 unspecified atom stereocenters. The number of benzene rings is 1. The maximum absolute atomic E-state index is 6.60. The first kappa shape index (κ1) is 30.3. The molecule has 0 saturated heterocycles. The molecule has 0 atom stereocenters. The normalized spacial score (nSPS) is 11.7. The molecule has 1 aromatic carbocycles. The molecule has 0 spiro atoms. The fraction of sp³-hybridized carbons (Fsp3) is 0.600. The van der Waals surface area contributed by atoms with Crippen LogP contribution in [0.4, 0.5) is 0 Å². The lowest BCUT2D eigenvalue weighted by Crippen LogP contribution is -2.45. The minimum atomic E-state index is -2.34. The van der Waals surface area contributed by atoms with Gasteiger partial charge in [-0.2, -0.15) is 0 Å². The fourth-order valence-electron chi connectivity index (χ4n) is 4.26. The topological polar surface area (TPSA) is 18.5 Å². The third-order valence-electron chi connectivity index (χ3n) is 6.43. The molecule has 1 aromatic rings. The van der Waals surface area contributed by atoms with Crippen LogP contribution < -0.4 is 0 Å². The van der Waals surface area contributed by atoms with E-state index in [1.54, 1.807) is 0 Å². The molecular formula is C30H46O2Si2. The highest BCUT2D eigenvalue weighted by molar-refractivity contribution is 6.84. The third-order valence-corrected chi connectivity index (χ3v) is 15.7. The quantitative estimate of drug-likeness (QED) is 0.187. The number of hydrogen-bond acceptors (Lipinski definition) is 2. The Morgan fingerprint density at radius 2 is 1.15 bits per heavy atom. The number of rotatable bonds is 10. The largest absolute Gasteiger partial charge is 0.394 e. The summed E-state index contributed by atoms with van der Waals surface area (Å²) in [6, 6.07) is 10.0. The van der Waals surface area contributed by atoms with Crippen LogP contribution in [0.2, 0.25) is 22.2 Å². The van der Waals surface area contributed by atoms with Gasteiger partial charge in [-0.05, 0) is 40.7 Å². The molecule has 0 N–H and O–H groups in total. The Bertz CT molecular complexity index is 884. The van der Waals surface area contributed by atoms with Crippen molar-refractivity contribution in [1.29, 1.82) is 0 Å². The third kappa shape index (κ3) is 8.80. The zero-order chi connectivity index (χ0) is 25.6. The maximum atomic E-state index is 6.60. The van der Waals surface area contributed by atoms with Crippen LogP contribution in [0.25, 0.3) is 0 Å². The van der Waals surface area contributed by atoms with E-state index in [0.29, 0.717) is 35.4 Å². The Labute approximate surface area is 212 Å². The summed E-state index contributed by atoms with van der Waals surface area (Å²) in [5, 5.41) is 0. The zero-order valence-electron chi connectivity index (χ0n) is 23.0. The zero-order valence-corrected chi connectivity index (χ0v) is 25.0. The average molecular weight is 495 g/mol. The van der Waals surface area contributed by atoms with Gasteiger partial charge in [-0.15, -0.1) is 5.92 Å². The van der Waals surface area contributed by atoms with Crippen molar-refractivity contribution in [2.24, 2.45) is 0 Å². The number of unbranched alkanes of at least 4 members (excludes halogenated alkanes) is 2. The highest BCUT2D eigenvalue weighted by Gasteiger charge is 2.42. The molecule has 0 heterocycles. The summed E-state index contributed by atoms with van der Waals surface area (Å²) in [7, 11) is -4.57. The molecule has 0 aliphatic carbocycles. The van der Waals surface area contributed by atoms with Gasteiger partial charge in [-0.25, -0.2) is 0 Å². The second-order valence-electron chi connectivity index (χ2n) is 10.2. The lowest BCUT2D eigenvalue weighted by Gasteiger charge is -2.34. The van der Waals surface area contributed by atoms with Crippen LogP contribution in [0.3, 0.4) is 0 Å². The van der Waals surface area contributed by atoms with E-state index in [4.69, 9.17) is 8.85 Å². The molecule has 0 saturated carbocycles. The van der Waals surface area contributed by atoms with Crippen LogP contribution in [-0.2, 0) is 8.85 Å². The van der Waals surface area contributed by atoms with Crippen molar-refractivity contribution < 1.29 is 8.85 Å². The van der Waals surface area contributed by atoms with Crippen molar-refractivity contribution in [2.75, 3.05) is 13.2 Å².